The van der Waals surface area contributed by atoms with Crippen LogP contribution >= 0.6 is 11.3 Å². The number of oxime groups is 1. The summed E-state index contributed by atoms with van der Waals surface area (Å²) in [5.74, 6) is 1.01. The van der Waals surface area contributed by atoms with E-state index < -0.39 is 0 Å². The lowest BCUT2D eigenvalue weighted by atomic mass is 10.0. The number of likely N-dealkylation sites (N-methyl/N-ethyl adjacent to an activating group) is 1. The molecule has 0 fully saturated rings. The van der Waals surface area contributed by atoms with Crippen LogP contribution in [0.2, 0.25) is 0 Å². The second-order valence-electron chi connectivity index (χ2n) is 7.49. The lowest BCUT2D eigenvalue weighted by Crippen LogP contribution is -2.26. The summed E-state index contributed by atoms with van der Waals surface area (Å²) in [4.78, 5) is 30.4. The number of rotatable bonds is 12. The summed E-state index contributed by atoms with van der Waals surface area (Å²) in [7, 11) is 3.14. The zero-order chi connectivity index (χ0) is 25.4. The molecule has 188 valence electrons. The highest BCUT2D eigenvalue weighted by Crippen LogP contribution is 2.32. The molecule has 3 N–H and O–H groups in total. The molecule has 0 radical (unpaired) electrons. The minimum Gasteiger partial charge on any atom is -0.493 e. The molecule has 0 saturated heterocycles. The van der Waals surface area contributed by atoms with Crippen molar-refractivity contribution in [3.05, 3.63) is 40.4 Å². The second kappa shape index (κ2) is 12.3. The van der Waals surface area contributed by atoms with Crippen LogP contribution in [0.25, 0.3) is 10.2 Å². The summed E-state index contributed by atoms with van der Waals surface area (Å²) in [5, 5.41) is 7.94. The van der Waals surface area contributed by atoms with Crippen LogP contribution < -0.4 is 20.5 Å². The fraction of sp³-hybridized carbons (Fsp3) is 0.417. The molecule has 3 rings (SSSR count). The van der Waals surface area contributed by atoms with Gasteiger partial charge in [-0.2, -0.15) is 0 Å². The van der Waals surface area contributed by atoms with E-state index in [9.17, 15) is 4.79 Å². The predicted octanol–water partition coefficient (Wildman–Crippen LogP) is 3.15. The van der Waals surface area contributed by atoms with Gasteiger partial charge in [0.25, 0.3) is 5.91 Å². The number of nitrogens with two attached hydrogens (primary N) is 1. The number of aromatic nitrogens is 2. The summed E-state index contributed by atoms with van der Waals surface area (Å²) >= 11 is 1.25. The van der Waals surface area contributed by atoms with E-state index in [1.165, 1.54) is 11.3 Å². The average molecular weight is 501 g/mol. The highest BCUT2D eigenvalue weighted by Gasteiger charge is 2.21. The van der Waals surface area contributed by atoms with E-state index in [0.29, 0.717) is 56.7 Å². The van der Waals surface area contributed by atoms with E-state index in [4.69, 9.17) is 20.0 Å². The lowest BCUT2D eigenvalue weighted by molar-refractivity contribution is 0.0960. The molecule has 2 heterocycles. The second-order valence-corrected chi connectivity index (χ2v) is 8.52. The first-order valence-electron chi connectivity index (χ1n) is 11.5. The number of amides is 1. The maximum atomic E-state index is 12.5. The van der Waals surface area contributed by atoms with E-state index in [2.05, 4.69) is 39.2 Å². The van der Waals surface area contributed by atoms with Gasteiger partial charge in [-0.25, -0.2) is 9.97 Å². The number of carbonyl (C=O) groups excluding carboxylic acids is 1. The third kappa shape index (κ3) is 6.17. The Balaban J connectivity index is 2.11. The molecule has 0 aliphatic rings. The molecule has 1 aromatic carbocycles. The van der Waals surface area contributed by atoms with Gasteiger partial charge in [-0.15, -0.1) is 11.3 Å². The van der Waals surface area contributed by atoms with Crippen LogP contribution in [0.15, 0.2) is 29.4 Å². The lowest BCUT2D eigenvalue weighted by Gasteiger charge is -2.17. The Morgan fingerprint density at radius 1 is 1.11 bits per heavy atom. The number of nitrogen functional groups attached to an aromatic ring is 1. The zero-order valence-electron chi connectivity index (χ0n) is 20.8. The van der Waals surface area contributed by atoms with Crippen molar-refractivity contribution in [3.8, 4) is 11.5 Å². The number of anilines is 1. The molecule has 0 spiro atoms. The van der Waals surface area contributed by atoms with Gasteiger partial charge < -0.3 is 30.3 Å². The molecule has 0 atom stereocenters. The Hall–Kier alpha value is -3.44. The molecule has 1 amide bonds. The minimum absolute atomic E-state index is 0.0770. The first-order valence-corrected chi connectivity index (χ1v) is 12.3. The van der Waals surface area contributed by atoms with Gasteiger partial charge in [0.05, 0.1) is 19.1 Å². The number of hydrogen-bond acceptors (Lipinski definition) is 10. The van der Waals surface area contributed by atoms with Gasteiger partial charge in [-0.05, 0) is 44.3 Å². The number of hydrogen-bond donors (Lipinski definition) is 2. The molecule has 0 unspecified atom stereocenters. The normalized spacial score (nSPS) is 11.7. The smallest absolute Gasteiger partial charge is 0.261 e. The molecular weight excluding hydrogens is 468 g/mol. The molecule has 0 saturated carbocycles. The number of benzene rings is 1. The maximum Gasteiger partial charge on any atom is 0.261 e. The quantitative estimate of drug-likeness (QED) is 0.221. The molecule has 3 aromatic rings. The first kappa shape index (κ1) is 26.2. The number of thiophene rings is 1. The predicted molar refractivity (Wildman–Crippen MR) is 139 cm³/mol. The topological polar surface area (TPSA) is 124 Å². The van der Waals surface area contributed by atoms with Crippen molar-refractivity contribution in [2.75, 3.05) is 52.7 Å². The van der Waals surface area contributed by atoms with Gasteiger partial charge in [-0.1, -0.05) is 19.0 Å². The van der Waals surface area contributed by atoms with Gasteiger partial charge in [-0.3, -0.25) is 4.79 Å². The molecule has 0 bridgehead atoms. The number of nitrogens with zero attached hydrogens (tertiary/aromatic N) is 4. The zero-order valence-corrected chi connectivity index (χ0v) is 21.6. The number of fused-ring (bicyclic) bond motifs is 1. The fourth-order valence-corrected chi connectivity index (χ4v) is 4.47. The van der Waals surface area contributed by atoms with Gasteiger partial charge >= 0.3 is 0 Å². The van der Waals surface area contributed by atoms with Crippen molar-refractivity contribution >= 4 is 39.1 Å². The van der Waals surface area contributed by atoms with Gasteiger partial charge in [0, 0.05) is 24.0 Å². The van der Waals surface area contributed by atoms with Crippen LogP contribution in [-0.4, -0.2) is 73.5 Å². The van der Waals surface area contributed by atoms with Crippen molar-refractivity contribution in [3.63, 3.8) is 0 Å². The average Bonchev–Trinajstić information content (AvgIpc) is 3.30. The Bertz CT molecular complexity index is 1190. The summed E-state index contributed by atoms with van der Waals surface area (Å²) in [6.45, 7) is 9.57. The van der Waals surface area contributed by atoms with Crippen LogP contribution in [0.5, 0.6) is 11.5 Å². The maximum absolute atomic E-state index is 12.5. The van der Waals surface area contributed by atoms with Crippen LogP contribution in [0.4, 0.5) is 5.95 Å². The Morgan fingerprint density at radius 2 is 1.86 bits per heavy atom. The highest BCUT2D eigenvalue weighted by molar-refractivity contribution is 7.20. The molecule has 11 heteroatoms. The van der Waals surface area contributed by atoms with E-state index in [1.807, 2.05) is 13.0 Å². The summed E-state index contributed by atoms with van der Waals surface area (Å²) in [6, 6.07) is 7.18. The van der Waals surface area contributed by atoms with E-state index in [1.54, 1.807) is 32.4 Å². The number of carbonyl (C=O) groups is 1. The Morgan fingerprint density at radius 3 is 2.51 bits per heavy atom. The fourth-order valence-electron chi connectivity index (χ4n) is 3.51. The molecule has 0 aliphatic carbocycles. The third-order valence-corrected chi connectivity index (χ3v) is 6.43. The summed E-state index contributed by atoms with van der Waals surface area (Å²) < 4.78 is 10.9. The monoisotopic (exact) mass is 500 g/mol. The van der Waals surface area contributed by atoms with Gasteiger partial charge in [0.1, 0.15) is 22.8 Å². The standard InChI is InChI=1S/C24H32N6O4S/c1-6-26-22(31)19-14-16-21(27-24(25)28-23(16)35-19)20(29-34-12-11-30(7-2)8-3)15-9-10-17(32-4)18(13-15)33-5/h9-10,13-14H,6-8,11-12H2,1-5H3,(H,26,31)(H2,25,27,28)/b29-20+. The van der Waals surface area contributed by atoms with Crippen LogP contribution in [0.3, 0.4) is 0 Å². The van der Waals surface area contributed by atoms with Crippen LogP contribution in [0, 0.1) is 0 Å². The highest BCUT2D eigenvalue weighted by atomic mass is 32.1. The molecule has 10 nitrogen and oxygen atoms in total. The van der Waals surface area contributed by atoms with Gasteiger partial charge in [0.15, 0.2) is 11.5 Å². The molecule has 2 aromatic heterocycles. The summed E-state index contributed by atoms with van der Waals surface area (Å²) in [5.41, 5.74) is 7.66. The first-order chi connectivity index (χ1) is 16.9. The number of ether oxygens (including phenoxy) is 2. The number of nitrogens with one attached hydrogen (secondary N) is 1. The van der Waals surface area contributed by atoms with E-state index in [0.717, 1.165) is 19.6 Å². The Labute approximate surface area is 209 Å². The summed E-state index contributed by atoms with van der Waals surface area (Å²) in [6.07, 6.45) is 0. The van der Waals surface area contributed by atoms with Crippen molar-refractivity contribution in [2.24, 2.45) is 5.16 Å². The van der Waals surface area contributed by atoms with Crippen molar-refractivity contribution < 1.29 is 19.1 Å². The van der Waals surface area contributed by atoms with Gasteiger partial charge in [0.2, 0.25) is 5.95 Å². The van der Waals surface area contributed by atoms with Crippen LogP contribution in [0.1, 0.15) is 41.7 Å². The minimum atomic E-state index is -0.180. The SMILES string of the molecule is CCNC(=O)c1cc2c(/C(=N/OCCN(CC)CC)c3ccc(OC)c(OC)c3)nc(N)nc2s1. The van der Waals surface area contributed by atoms with E-state index in [-0.39, 0.29) is 11.9 Å². The number of methoxy groups -OCH3 is 2. The van der Waals surface area contributed by atoms with Crippen molar-refractivity contribution in [1.29, 1.82) is 0 Å². The van der Waals surface area contributed by atoms with Crippen LogP contribution in [-0.2, 0) is 4.84 Å². The third-order valence-electron chi connectivity index (χ3n) is 5.40. The molecule has 0 aliphatic heterocycles. The van der Waals surface area contributed by atoms with Crippen molar-refractivity contribution in [1.82, 2.24) is 20.2 Å². The molecule has 35 heavy (non-hydrogen) atoms. The largest absolute Gasteiger partial charge is 0.493 e. The molecular formula is C24H32N6O4S. The Kier molecular flexibility index (Phi) is 9.21. The van der Waals surface area contributed by atoms with E-state index >= 15 is 0 Å². The van der Waals surface area contributed by atoms with Crippen molar-refractivity contribution in [2.45, 2.75) is 20.8 Å².